The van der Waals surface area contributed by atoms with Crippen molar-refractivity contribution in [3.8, 4) is 0 Å². The summed E-state index contributed by atoms with van der Waals surface area (Å²) in [6.07, 6.45) is 5.31. The summed E-state index contributed by atoms with van der Waals surface area (Å²) in [7, 11) is 0. The first-order chi connectivity index (χ1) is 8.25. The molecule has 0 radical (unpaired) electrons. The van der Waals surface area contributed by atoms with Crippen molar-refractivity contribution in [1.82, 2.24) is 10.2 Å². The van der Waals surface area contributed by atoms with Crippen LogP contribution in [0, 0.1) is 5.92 Å². The van der Waals surface area contributed by atoms with Crippen molar-refractivity contribution in [3.05, 3.63) is 0 Å². The zero-order valence-corrected chi connectivity index (χ0v) is 11.5. The monoisotopic (exact) mass is 240 g/mol. The molecule has 2 fully saturated rings. The second-order valence-electron chi connectivity index (χ2n) is 5.91. The average molecular weight is 240 g/mol. The molecule has 0 amide bonds. The highest BCUT2D eigenvalue weighted by atomic mass is 16.5. The summed E-state index contributed by atoms with van der Waals surface area (Å²) >= 11 is 0. The highest BCUT2D eigenvalue weighted by Gasteiger charge is 2.26. The minimum Gasteiger partial charge on any atom is -0.380 e. The number of likely N-dealkylation sites (tertiary alicyclic amines) is 1. The van der Waals surface area contributed by atoms with Gasteiger partial charge in [0.05, 0.1) is 6.61 Å². The molecule has 17 heavy (non-hydrogen) atoms. The Morgan fingerprint density at radius 3 is 2.59 bits per heavy atom. The predicted octanol–water partition coefficient (Wildman–Crippen LogP) is 1.88. The Balaban J connectivity index is 1.66. The third kappa shape index (κ3) is 4.23. The van der Waals surface area contributed by atoms with Gasteiger partial charge >= 0.3 is 0 Å². The third-order valence-electron chi connectivity index (χ3n) is 4.12. The van der Waals surface area contributed by atoms with Crippen LogP contribution in [-0.2, 0) is 4.74 Å². The van der Waals surface area contributed by atoms with E-state index >= 15 is 0 Å². The normalized spacial score (nSPS) is 28.8. The van der Waals surface area contributed by atoms with Crippen LogP contribution in [0.1, 0.15) is 39.5 Å². The molecule has 2 saturated heterocycles. The number of rotatable bonds is 4. The summed E-state index contributed by atoms with van der Waals surface area (Å²) < 4.78 is 5.59. The summed E-state index contributed by atoms with van der Waals surface area (Å²) in [4.78, 5) is 2.66. The molecule has 0 bridgehead atoms. The van der Waals surface area contributed by atoms with Gasteiger partial charge in [-0.15, -0.1) is 0 Å². The quantitative estimate of drug-likeness (QED) is 0.812. The Kier molecular flexibility index (Phi) is 5.26. The number of hydrogen-bond acceptors (Lipinski definition) is 3. The molecule has 1 unspecified atom stereocenters. The van der Waals surface area contributed by atoms with Gasteiger partial charge < -0.3 is 10.1 Å². The van der Waals surface area contributed by atoms with Crippen molar-refractivity contribution in [2.24, 2.45) is 5.92 Å². The Hall–Kier alpha value is -0.120. The fourth-order valence-electron chi connectivity index (χ4n) is 2.94. The third-order valence-corrected chi connectivity index (χ3v) is 4.12. The Morgan fingerprint density at radius 1 is 1.24 bits per heavy atom. The van der Waals surface area contributed by atoms with E-state index in [1.54, 1.807) is 0 Å². The van der Waals surface area contributed by atoms with Crippen LogP contribution >= 0.6 is 0 Å². The molecular weight excluding hydrogens is 212 g/mol. The van der Waals surface area contributed by atoms with Crippen molar-refractivity contribution < 1.29 is 4.74 Å². The molecule has 2 aliphatic rings. The molecule has 0 saturated carbocycles. The zero-order valence-electron chi connectivity index (χ0n) is 11.5. The molecule has 2 aliphatic heterocycles. The smallest absolute Gasteiger partial charge is 0.0621 e. The molecule has 100 valence electrons. The highest BCUT2D eigenvalue weighted by Crippen LogP contribution is 2.22. The molecule has 0 aromatic rings. The van der Waals surface area contributed by atoms with Gasteiger partial charge in [-0.25, -0.2) is 0 Å². The van der Waals surface area contributed by atoms with Crippen molar-refractivity contribution in [2.75, 3.05) is 32.8 Å². The molecule has 2 heterocycles. The van der Waals surface area contributed by atoms with Crippen molar-refractivity contribution in [1.29, 1.82) is 0 Å². The average Bonchev–Trinajstić information content (AvgIpc) is 2.38. The van der Waals surface area contributed by atoms with Gasteiger partial charge in [-0.05, 0) is 51.2 Å². The molecule has 0 aromatic carbocycles. The maximum atomic E-state index is 5.59. The topological polar surface area (TPSA) is 24.5 Å². The number of piperidine rings is 1. The summed E-state index contributed by atoms with van der Waals surface area (Å²) in [5.41, 5.74) is 0. The number of ether oxygens (including phenoxy) is 1. The van der Waals surface area contributed by atoms with Gasteiger partial charge in [0.25, 0.3) is 0 Å². The molecule has 1 atom stereocenters. The van der Waals surface area contributed by atoms with Crippen LogP contribution in [0.3, 0.4) is 0 Å². The van der Waals surface area contributed by atoms with E-state index in [0.717, 1.165) is 19.1 Å². The Bertz CT molecular complexity index is 206. The summed E-state index contributed by atoms with van der Waals surface area (Å²) in [5.74, 6) is 0.887. The Morgan fingerprint density at radius 2 is 2.00 bits per heavy atom. The summed E-state index contributed by atoms with van der Waals surface area (Å²) in [6.45, 7) is 10.2. The van der Waals surface area contributed by atoms with Crippen molar-refractivity contribution in [3.63, 3.8) is 0 Å². The van der Waals surface area contributed by atoms with Gasteiger partial charge in [-0.1, -0.05) is 13.8 Å². The second kappa shape index (κ2) is 6.72. The van der Waals surface area contributed by atoms with Gasteiger partial charge in [0, 0.05) is 18.7 Å². The lowest BCUT2D eigenvalue weighted by Gasteiger charge is -2.39. The van der Waals surface area contributed by atoms with Gasteiger partial charge in [0.2, 0.25) is 0 Å². The first kappa shape index (κ1) is 13.3. The van der Waals surface area contributed by atoms with Gasteiger partial charge in [0.1, 0.15) is 0 Å². The van der Waals surface area contributed by atoms with Crippen LogP contribution in [-0.4, -0.2) is 49.8 Å². The standard InChI is InChI=1S/C14H28N2O/c1-12(2)15-10-13-5-7-16(8-6-13)14-4-3-9-17-11-14/h12-15H,3-11H2,1-2H3. The van der Waals surface area contributed by atoms with Gasteiger partial charge in [-0.3, -0.25) is 4.90 Å². The molecule has 0 aromatic heterocycles. The van der Waals surface area contributed by atoms with E-state index in [1.807, 2.05) is 0 Å². The SMILES string of the molecule is CC(C)NCC1CCN(C2CCCOC2)CC1. The molecule has 3 nitrogen and oxygen atoms in total. The van der Waals surface area contributed by atoms with Gasteiger partial charge in [0.15, 0.2) is 0 Å². The number of hydrogen-bond donors (Lipinski definition) is 1. The van der Waals surface area contributed by atoms with E-state index in [9.17, 15) is 0 Å². The van der Waals surface area contributed by atoms with Crippen LogP contribution < -0.4 is 5.32 Å². The van der Waals surface area contributed by atoms with E-state index in [1.165, 1.54) is 45.3 Å². The highest BCUT2D eigenvalue weighted by molar-refractivity contribution is 4.81. The largest absolute Gasteiger partial charge is 0.380 e. The van der Waals surface area contributed by atoms with Crippen LogP contribution in [0.25, 0.3) is 0 Å². The lowest BCUT2D eigenvalue weighted by atomic mass is 9.94. The molecule has 1 N–H and O–H groups in total. The maximum absolute atomic E-state index is 5.59. The fourth-order valence-corrected chi connectivity index (χ4v) is 2.94. The van der Waals surface area contributed by atoms with E-state index < -0.39 is 0 Å². The molecule has 2 rings (SSSR count). The summed E-state index contributed by atoms with van der Waals surface area (Å²) in [5, 5.41) is 3.57. The van der Waals surface area contributed by atoms with E-state index in [4.69, 9.17) is 4.74 Å². The van der Waals surface area contributed by atoms with Crippen LogP contribution in [0.2, 0.25) is 0 Å². The summed E-state index contributed by atoms with van der Waals surface area (Å²) in [6, 6.07) is 1.34. The molecular formula is C14H28N2O. The minimum absolute atomic E-state index is 0.625. The predicted molar refractivity (Wildman–Crippen MR) is 71.3 cm³/mol. The maximum Gasteiger partial charge on any atom is 0.0621 e. The first-order valence-electron chi connectivity index (χ1n) is 7.31. The molecule has 3 heteroatoms. The lowest BCUT2D eigenvalue weighted by Crippen LogP contribution is -2.46. The fraction of sp³-hybridized carbons (Fsp3) is 1.00. The van der Waals surface area contributed by atoms with Crippen molar-refractivity contribution >= 4 is 0 Å². The van der Waals surface area contributed by atoms with E-state index in [-0.39, 0.29) is 0 Å². The molecule has 0 spiro atoms. The van der Waals surface area contributed by atoms with Crippen LogP contribution in [0.4, 0.5) is 0 Å². The minimum atomic E-state index is 0.625. The van der Waals surface area contributed by atoms with E-state index in [2.05, 4.69) is 24.1 Å². The van der Waals surface area contributed by atoms with Crippen LogP contribution in [0.15, 0.2) is 0 Å². The van der Waals surface area contributed by atoms with Crippen LogP contribution in [0.5, 0.6) is 0 Å². The van der Waals surface area contributed by atoms with Crippen molar-refractivity contribution in [2.45, 2.75) is 51.6 Å². The van der Waals surface area contributed by atoms with E-state index in [0.29, 0.717) is 12.1 Å². The molecule has 0 aliphatic carbocycles. The first-order valence-corrected chi connectivity index (χ1v) is 7.31. The van der Waals surface area contributed by atoms with Gasteiger partial charge in [-0.2, -0.15) is 0 Å². The second-order valence-corrected chi connectivity index (χ2v) is 5.91. The number of nitrogens with zero attached hydrogens (tertiary/aromatic N) is 1. The zero-order chi connectivity index (χ0) is 12.1. The lowest BCUT2D eigenvalue weighted by molar-refractivity contribution is 0.00491. The Labute approximate surface area is 106 Å². The number of nitrogens with one attached hydrogen (secondary N) is 1.